The summed E-state index contributed by atoms with van der Waals surface area (Å²) in [6.45, 7) is 6.46. The molecule has 0 unspecified atom stereocenters. The molecule has 6 heteroatoms. The van der Waals surface area contributed by atoms with Gasteiger partial charge in [0.25, 0.3) is 0 Å². The Bertz CT molecular complexity index is 629. The lowest BCUT2D eigenvalue weighted by Crippen LogP contribution is -2.54. The fourth-order valence-corrected chi connectivity index (χ4v) is 3.35. The van der Waals surface area contributed by atoms with Gasteiger partial charge in [-0.15, -0.1) is 0 Å². The molecule has 23 heavy (non-hydrogen) atoms. The maximum atomic E-state index is 12.6. The van der Waals surface area contributed by atoms with E-state index in [-0.39, 0.29) is 18.0 Å². The number of anilines is 2. The highest BCUT2D eigenvalue weighted by molar-refractivity contribution is 5.96. The number of hydrogen-bond acceptors (Lipinski definition) is 3. The van der Waals surface area contributed by atoms with Gasteiger partial charge in [-0.2, -0.15) is 0 Å². The van der Waals surface area contributed by atoms with Crippen molar-refractivity contribution in [2.75, 3.05) is 30.3 Å². The molecule has 2 aliphatic rings. The number of carbonyl (C=O) groups is 2. The quantitative estimate of drug-likeness (QED) is 0.782. The van der Waals surface area contributed by atoms with Gasteiger partial charge in [0.1, 0.15) is 0 Å². The molecule has 0 aliphatic carbocycles. The first-order valence-corrected chi connectivity index (χ1v) is 8.30. The first-order chi connectivity index (χ1) is 11.1. The molecule has 0 aromatic heterocycles. The van der Waals surface area contributed by atoms with Crippen LogP contribution < -0.4 is 16.0 Å². The molecule has 0 spiro atoms. The fraction of sp³-hybridized carbons (Fsp3) is 0.529. The molecular formula is C17H24N4O2. The number of piperazine rings is 1. The van der Waals surface area contributed by atoms with Crippen LogP contribution in [0.25, 0.3) is 0 Å². The highest BCUT2D eigenvalue weighted by Gasteiger charge is 2.25. The van der Waals surface area contributed by atoms with Crippen LogP contribution in [-0.2, 0) is 11.2 Å². The van der Waals surface area contributed by atoms with E-state index >= 15 is 0 Å². The molecule has 0 saturated carbocycles. The summed E-state index contributed by atoms with van der Waals surface area (Å²) in [6, 6.07) is 4.09. The van der Waals surface area contributed by atoms with E-state index in [0.29, 0.717) is 6.42 Å². The Morgan fingerprint density at radius 2 is 2.22 bits per heavy atom. The van der Waals surface area contributed by atoms with Crippen LogP contribution in [0.4, 0.5) is 16.2 Å². The molecule has 3 amide bonds. The van der Waals surface area contributed by atoms with Gasteiger partial charge in [0, 0.05) is 43.5 Å². The van der Waals surface area contributed by atoms with Crippen molar-refractivity contribution in [2.45, 2.75) is 39.2 Å². The zero-order valence-corrected chi connectivity index (χ0v) is 13.7. The summed E-state index contributed by atoms with van der Waals surface area (Å²) in [5.41, 5.74) is 3.77. The molecule has 1 aromatic rings. The second-order valence-electron chi connectivity index (χ2n) is 6.27. The summed E-state index contributed by atoms with van der Waals surface area (Å²) < 4.78 is 0. The van der Waals surface area contributed by atoms with Crippen LogP contribution in [0.5, 0.6) is 0 Å². The largest absolute Gasteiger partial charge is 0.326 e. The monoisotopic (exact) mass is 316 g/mol. The second-order valence-corrected chi connectivity index (χ2v) is 6.27. The Kier molecular flexibility index (Phi) is 4.52. The van der Waals surface area contributed by atoms with Crippen molar-refractivity contribution < 1.29 is 9.59 Å². The summed E-state index contributed by atoms with van der Waals surface area (Å²) in [4.78, 5) is 26.0. The van der Waals surface area contributed by atoms with Crippen molar-refractivity contribution in [3.8, 4) is 0 Å². The molecule has 3 rings (SSSR count). The molecule has 1 saturated heterocycles. The maximum absolute atomic E-state index is 12.6. The predicted octanol–water partition coefficient (Wildman–Crippen LogP) is 2.10. The van der Waals surface area contributed by atoms with E-state index in [1.165, 1.54) is 0 Å². The van der Waals surface area contributed by atoms with Crippen molar-refractivity contribution in [1.29, 1.82) is 0 Å². The highest BCUT2D eigenvalue weighted by Crippen LogP contribution is 2.30. The first kappa shape index (κ1) is 15.8. The average Bonchev–Trinajstić information content (AvgIpc) is 2.55. The number of amides is 3. The number of rotatable bonds is 2. The third kappa shape index (κ3) is 3.32. The molecule has 2 heterocycles. The van der Waals surface area contributed by atoms with E-state index in [1.807, 2.05) is 24.0 Å². The van der Waals surface area contributed by atoms with E-state index in [4.69, 9.17) is 0 Å². The van der Waals surface area contributed by atoms with Crippen LogP contribution in [0.15, 0.2) is 12.1 Å². The molecule has 1 atom stereocenters. The minimum Gasteiger partial charge on any atom is -0.326 e. The zero-order chi connectivity index (χ0) is 16.4. The third-order valence-electron chi connectivity index (χ3n) is 4.64. The lowest BCUT2D eigenvalue weighted by atomic mass is 9.98. The normalized spacial score (nSPS) is 20.7. The van der Waals surface area contributed by atoms with Gasteiger partial charge in [-0.1, -0.05) is 6.92 Å². The molecule has 1 aromatic carbocycles. The molecule has 124 valence electrons. The van der Waals surface area contributed by atoms with Gasteiger partial charge in [-0.25, -0.2) is 4.79 Å². The van der Waals surface area contributed by atoms with Gasteiger partial charge in [0.2, 0.25) is 5.91 Å². The smallest absolute Gasteiger partial charge is 0.322 e. The fourth-order valence-electron chi connectivity index (χ4n) is 3.35. The Balaban J connectivity index is 1.76. The van der Waals surface area contributed by atoms with Crippen LogP contribution in [-0.4, -0.2) is 42.5 Å². The Morgan fingerprint density at radius 3 is 3.00 bits per heavy atom. The van der Waals surface area contributed by atoms with E-state index in [2.05, 4.69) is 22.9 Å². The van der Waals surface area contributed by atoms with E-state index in [1.54, 1.807) is 0 Å². The molecule has 0 bridgehead atoms. The molecule has 1 fully saturated rings. The number of nitrogens with one attached hydrogen (secondary N) is 3. The molecule has 0 radical (unpaired) electrons. The van der Waals surface area contributed by atoms with Crippen LogP contribution in [0.3, 0.4) is 0 Å². The van der Waals surface area contributed by atoms with Crippen molar-refractivity contribution in [1.82, 2.24) is 10.2 Å². The zero-order valence-electron chi connectivity index (χ0n) is 13.7. The number of benzene rings is 1. The number of aryl methyl sites for hydroxylation is 2. The van der Waals surface area contributed by atoms with E-state index in [9.17, 15) is 9.59 Å². The lowest BCUT2D eigenvalue weighted by Gasteiger charge is -2.35. The van der Waals surface area contributed by atoms with Gasteiger partial charge >= 0.3 is 6.03 Å². The van der Waals surface area contributed by atoms with Gasteiger partial charge in [-0.05, 0) is 43.0 Å². The Morgan fingerprint density at radius 1 is 1.39 bits per heavy atom. The first-order valence-electron chi connectivity index (χ1n) is 8.30. The van der Waals surface area contributed by atoms with Gasteiger partial charge in [0.15, 0.2) is 0 Å². The topological polar surface area (TPSA) is 73.5 Å². The minimum atomic E-state index is -0.0439. The molecular weight excluding hydrogens is 292 g/mol. The number of fused-ring (bicyclic) bond motifs is 1. The molecule has 3 N–H and O–H groups in total. The third-order valence-corrected chi connectivity index (χ3v) is 4.64. The number of nitrogens with zero attached hydrogens (tertiary/aromatic N) is 1. The highest BCUT2D eigenvalue weighted by atomic mass is 16.2. The van der Waals surface area contributed by atoms with Crippen LogP contribution in [0.1, 0.15) is 30.9 Å². The summed E-state index contributed by atoms with van der Waals surface area (Å²) in [6.07, 6.45) is 2.16. The minimum absolute atomic E-state index is 0.0439. The molecule has 6 nitrogen and oxygen atoms in total. The summed E-state index contributed by atoms with van der Waals surface area (Å²) in [5, 5.41) is 9.27. The van der Waals surface area contributed by atoms with Crippen molar-refractivity contribution >= 4 is 23.3 Å². The van der Waals surface area contributed by atoms with Crippen molar-refractivity contribution in [3.05, 3.63) is 23.3 Å². The second kappa shape index (κ2) is 6.58. The van der Waals surface area contributed by atoms with Crippen LogP contribution >= 0.6 is 0 Å². The molecule has 2 aliphatic heterocycles. The van der Waals surface area contributed by atoms with Gasteiger partial charge < -0.3 is 20.9 Å². The van der Waals surface area contributed by atoms with Gasteiger partial charge in [0.05, 0.1) is 0 Å². The average molecular weight is 316 g/mol. The van der Waals surface area contributed by atoms with Crippen LogP contribution in [0, 0.1) is 6.92 Å². The SMILES string of the molecule is CC[C@H]1CNCCN1C(=O)Nc1cc(C)c2c(c1)CCC(=O)N2. The number of urea groups is 1. The van der Waals surface area contributed by atoms with E-state index in [0.717, 1.165) is 55.0 Å². The predicted molar refractivity (Wildman–Crippen MR) is 90.8 cm³/mol. The summed E-state index contributed by atoms with van der Waals surface area (Å²) >= 11 is 0. The summed E-state index contributed by atoms with van der Waals surface area (Å²) in [5.74, 6) is 0.0592. The standard InChI is InChI=1S/C17H24N4O2/c1-3-14-10-18-6-7-21(14)17(23)19-13-8-11(2)16-12(9-13)4-5-15(22)20-16/h8-9,14,18H,3-7,10H2,1-2H3,(H,19,23)(H,20,22)/t14-/m0/s1. The van der Waals surface area contributed by atoms with Gasteiger partial charge in [-0.3, -0.25) is 4.79 Å². The Labute approximate surface area is 136 Å². The number of carbonyl (C=O) groups excluding carboxylic acids is 2. The Hall–Kier alpha value is -2.08. The van der Waals surface area contributed by atoms with E-state index < -0.39 is 0 Å². The van der Waals surface area contributed by atoms with Crippen molar-refractivity contribution in [2.24, 2.45) is 0 Å². The maximum Gasteiger partial charge on any atom is 0.322 e. The van der Waals surface area contributed by atoms with Crippen molar-refractivity contribution in [3.63, 3.8) is 0 Å². The lowest BCUT2D eigenvalue weighted by molar-refractivity contribution is -0.116. The summed E-state index contributed by atoms with van der Waals surface area (Å²) in [7, 11) is 0. The van der Waals surface area contributed by atoms with Crippen LogP contribution in [0.2, 0.25) is 0 Å². The number of hydrogen-bond donors (Lipinski definition) is 3.